The number of carboxylic acids is 1. The van der Waals surface area contributed by atoms with Crippen molar-refractivity contribution in [3.05, 3.63) is 23.8 Å². The van der Waals surface area contributed by atoms with E-state index in [0.29, 0.717) is 37.3 Å². The zero-order valence-corrected chi connectivity index (χ0v) is 14.4. The van der Waals surface area contributed by atoms with E-state index in [-0.39, 0.29) is 11.5 Å². The van der Waals surface area contributed by atoms with Crippen LogP contribution in [0.4, 0.5) is 11.4 Å². The molecule has 0 radical (unpaired) electrons. The van der Waals surface area contributed by atoms with E-state index in [1.807, 2.05) is 4.90 Å². The van der Waals surface area contributed by atoms with Crippen LogP contribution in [0.15, 0.2) is 18.2 Å². The molecule has 2 fully saturated rings. The molecule has 7 nitrogen and oxygen atoms in total. The first kappa shape index (κ1) is 17.5. The highest BCUT2D eigenvalue weighted by Gasteiger charge is 2.45. The van der Waals surface area contributed by atoms with Gasteiger partial charge in [0.25, 0.3) is 0 Å². The van der Waals surface area contributed by atoms with Gasteiger partial charge < -0.3 is 21.5 Å². The molecule has 25 heavy (non-hydrogen) atoms. The van der Waals surface area contributed by atoms with Crippen molar-refractivity contribution in [3.63, 3.8) is 0 Å². The maximum absolute atomic E-state index is 12.3. The molecule has 0 bridgehead atoms. The number of hydrogen-bond acceptors (Lipinski definition) is 5. The number of nitrogen functional groups attached to an aromatic ring is 1. The predicted molar refractivity (Wildman–Crippen MR) is 96.6 cm³/mol. The largest absolute Gasteiger partial charge is 0.478 e. The van der Waals surface area contributed by atoms with Crippen molar-refractivity contribution in [1.29, 1.82) is 0 Å². The van der Waals surface area contributed by atoms with Crippen molar-refractivity contribution in [2.45, 2.75) is 37.6 Å². The second kappa shape index (κ2) is 6.92. The number of primary amides is 1. The average Bonchev–Trinajstić information content (AvgIpc) is 2.62. The second-order valence-corrected chi connectivity index (χ2v) is 7.01. The molecular formula is C18H26N4O3. The Balaban J connectivity index is 1.80. The monoisotopic (exact) mass is 346 g/mol. The van der Waals surface area contributed by atoms with Gasteiger partial charge in [-0.1, -0.05) is 6.42 Å². The summed E-state index contributed by atoms with van der Waals surface area (Å²) in [5.74, 6) is -1.25. The normalized spacial score (nSPS) is 21.0. The molecule has 2 aliphatic rings. The molecule has 5 N–H and O–H groups in total. The van der Waals surface area contributed by atoms with E-state index in [0.717, 1.165) is 25.9 Å². The Kier molecular flexibility index (Phi) is 4.85. The minimum absolute atomic E-state index is 0.199. The van der Waals surface area contributed by atoms with Crippen molar-refractivity contribution >= 4 is 23.3 Å². The molecule has 7 heteroatoms. The highest BCUT2D eigenvalue weighted by Crippen LogP contribution is 2.34. The predicted octanol–water partition coefficient (Wildman–Crippen LogP) is 1.28. The molecule has 3 rings (SSSR count). The maximum atomic E-state index is 12.3. The Morgan fingerprint density at radius 2 is 1.68 bits per heavy atom. The summed E-state index contributed by atoms with van der Waals surface area (Å²) in [6, 6.07) is 4.94. The summed E-state index contributed by atoms with van der Waals surface area (Å²) in [5, 5.41) is 9.45. The summed E-state index contributed by atoms with van der Waals surface area (Å²) in [7, 11) is 0. The Hall–Kier alpha value is -2.28. The van der Waals surface area contributed by atoms with Crippen LogP contribution in [0, 0.1) is 0 Å². The third-order valence-corrected chi connectivity index (χ3v) is 5.60. The molecule has 1 aromatic rings. The van der Waals surface area contributed by atoms with Crippen molar-refractivity contribution < 1.29 is 14.7 Å². The summed E-state index contributed by atoms with van der Waals surface area (Å²) in [4.78, 5) is 28.1. The summed E-state index contributed by atoms with van der Waals surface area (Å²) in [6.45, 7) is 3.02. The molecule has 136 valence electrons. The van der Waals surface area contributed by atoms with Crippen molar-refractivity contribution in [3.8, 4) is 0 Å². The molecule has 0 unspecified atom stereocenters. The Morgan fingerprint density at radius 1 is 1.04 bits per heavy atom. The third kappa shape index (κ3) is 3.28. The van der Waals surface area contributed by atoms with Crippen LogP contribution >= 0.6 is 0 Å². The van der Waals surface area contributed by atoms with Crippen LogP contribution in [-0.2, 0) is 4.79 Å². The Bertz CT molecular complexity index is 662. The number of rotatable bonds is 4. The number of hydrogen-bond donors (Lipinski definition) is 3. The third-order valence-electron chi connectivity index (χ3n) is 5.60. The van der Waals surface area contributed by atoms with Gasteiger partial charge in [-0.05, 0) is 57.0 Å². The standard InChI is InChI=1S/C18H26N4O3/c19-13-4-5-15(14(12-13)16(23)24)21-10-6-18(7-11-21,17(20)25)22-8-2-1-3-9-22/h4-5,12H,1-3,6-11,19H2,(H2,20,25)(H,23,24). The first-order valence-electron chi connectivity index (χ1n) is 8.87. The first-order valence-corrected chi connectivity index (χ1v) is 8.87. The smallest absolute Gasteiger partial charge is 0.337 e. The zero-order chi connectivity index (χ0) is 18.0. The number of aromatic carboxylic acids is 1. The average molecular weight is 346 g/mol. The van der Waals surface area contributed by atoms with Gasteiger partial charge in [0.15, 0.2) is 0 Å². The number of benzene rings is 1. The van der Waals surface area contributed by atoms with Gasteiger partial charge in [0.1, 0.15) is 5.54 Å². The van der Waals surface area contributed by atoms with E-state index in [1.54, 1.807) is 12.1 Å². The van der Waals surface area contributed by atoms with Gasteiger partial charge in [-0.3, -0.25) is 9.69 Å². The van der Waals surface area contributed by atoms with E-state index in [2.05, 4.69) is 4.90 Å². The van der Waals surface area contributed by atoms with Gasteiger partial charge in [-0.15, -0.1) is 0 Å². The van der Waals surface area contributed by atoms with Crippen LogP contribution in [0.1, 0.15) is 42.5 Å². The first-order chi connectivity index (χ1) is 11.9. The van der Waals surface area contributed by atoms with Crippen molar-refractivity contribution in [1.82, 2.24) is 4.90 Å². The number of piperidine rings is 2. The highest BCUT2D eigenvalue weighted by atomic mass is 16.4. The molecule has 2 aliphatic heterocycles. The molecule has 2 saturated heterocycles. The number of nitrogens with two attached hydrogens (primary N) is 2. The van der Waals surface area contributed by atoms with E-state index >= 15 is 0 Å². The minimum Gasteiger partial charge on any atom is -0.478 e. The van der Waals surface area contributed by atoms with Gasteiger partial charge in [0.2, 0.25) is 5.91 Å². The van der Waals surface area contributed by atoms with Crippen molar-refractivity contribution in [2.75, 3.05) is 36.8 Å². The molecule has 0 saturated carbocycles. The lowest BCUT2D eigenvalue weighted by Gasteiger charge is -2.48. The van der Waals surface area contributed by atoms with Crippen LogP contribution in [0.5, 0.6) is 0 Å². The number of carbonyl (C=O) groups is 2. The lowest BCUT2D eigenvalue weighted by molar-refractivity contribution is -0.132. The fourth-order valence-electron chi connectivity index (χ4n) is 4.16. The number of carboxylic acid groups (broad SMARTS) is 1. The van der Waals surface area contributed by atoms with Crippen LogP contribution in [-0.4, -0.2) is 53.6 Å². The van der Waals surface area contributed by atoms with E-state index in [4.69, 9.17) is 11.5 Å². The summed E-state index contributed by atoms with van der Waals surface area (Å²) < 4.78 is 0. The molecule has 0 atom stereocenters. The lowest BCUT2D eigenvalue weighted by atomic mass is 9.83. The molecule has 2 heterocycles. The molecule has 0 spiro atoms. The number of carbonyl (C=O) groups excluding carboxylic acids is 1. The van der Waals surface area contributed by atoms with E-state index in [9.17, 15) is 14.7 Å². The minimum atomic E-state index is -0.995. The van der Waals surface area contributed by atoms with Gasteiger partial charge in [-0.2, -0.15) is 0 Å². The van der Waals surface area contributed by atoms with Crippen molar-refractivity contribution in [2.24, 2.45) is 5.73 Å². The number of likely N-dealkylation sites (tertiary alicyclic amines) is 1. The second-order valence-electron chi connectivity index (χ2n) is 7.01. The zero-order valence-electron chi connectivity index (χ0n) is 14.4. The van der Waals surface area contributed by atoms with Gasteiger partial charge in [0, 0.05) is 18.8 Å². The summed E-state index contributed by atoms with van der Waals surface area (Å²) in [6.07, 6.45) is 4.63. The highest BCUT2D eigenvalue weighted by molar-refractivity contribution is 5.95. The van der Waals surface area contributed by atoms with Gasteiger partial charge >= 0.3 is 5.97 Å². The molecule has 1 amide bonds. The van der Waals surface area contributed by atoms with Crippen LogP contribution in [0.3, 0.4) is 0 Å². The van der Waals surface area contributed by atoms with E-state index < -0.39 is 11.5 Å². The summed E-state index contributed by atoms with van der Waals surface area (Å²) >= 11 is 0. The van der Waals surface area contributed by atoms with Gasteiger partial charge in [0.05, 0.1) is 11.3 Å². The van der Waals surface area contributed by atoms with Crippen LogP contribution < -0.4 is 16.4 Å². The molecule has 0 aromatic heterocycles. The number of nitrogens with zero attached hydrogens (tertiary/aromatic N) is 2. The SMILES string of the molecule is NC(=O)C1(N2CCCCC2)CCN(c2ccc(N)cc2C(=O)O)CC1. The van der Waals surface area contributed by atoms with Crippen LogP contribution in [0.2, 0.25) is 0 Å². The van der Waals surface area contributed by atoms with E-state index in [1.165, 1.54) is 12.5 Å². The maximum Gasteiger partial charge on any atom is 0.337 e. The molecular weight excluding hydrogens is 320 g/mol. The van der Waals surface area contributed by atoms with Crippen LogP contribution in [0.25, 0.3) is 0 Å². The Morgan fingerprint density at radius 3 is 2.24 bits per heavy atom. The molecule has 0 aliphatic carbocycles. The molecule has 1 aromatic carbocycles. The Labute approximate surface area is 147 Å². The fourth-order valence-corrected chi connectivity index (χ4v) is 4.16. The fraction of sp³-hybridized carbons (Fsp3) is 0.556. The topological polar surface area (TPSA) is 113 Å². The summed E-state index contributed by atoms with van der Waals surface area (Å²) in [5.41, 5.74) is 12.2. The quantitative estimate of drug-likeness (QED) is 0.708. The lowest BCUT2D eigenvalue weighted by Crippen LogP contribution is -2.63. The van der Waals surface area contributed by atoms with Gasteiger partial charge in [-0.25, -0.2) is 4.79 Å². The number of anilines is 2. The number of amides is 1.